The zero-order valence-electron chi connectivity index (χ0n) is 12.5. The summed E-state index contributed by atoms with van der Waals surface area (Å²) in [5.74, 6) is -1.21. The first-order valence-electron chi connectivity index (χ1n) is 7.41. The number of nitrogens with zero attached hydrogens (tertiary/aromatic N) is 2. The molecule has 7 heteroatoms. The molecule has 7 nitrogen and oxygen atoms in total. The van der Waals surface area contributed by atoms with Gasteiger partial charge in [0.25, 0.3) is 5.91 Å². The number of aliphatic carboxylic acids is 1. The second-order valence-corrected chi connectivity index (χ2v) is 5.64. The average molecular weight is 315 g/mol. The van der Waals surface area contributed by atoms with Crippen LogP contribution in [0.25, 0.3) is 11.0 Å². The lowest BCUT2D eigenvalue weighted by Gasteiger charge is -2.33. The number of hydrogen-bond donors (Lipinski definition) is 2. The van der Waals surface area contributed by atoms with E-state index in [0.29, 0.717) is 42.7 Å². The number of amides is 1. The van der Waals surface area contributed by atoms with Gasteiger partial charge in [-0.3, -0.25) is 19.6 Å². The number of aromatic nitrogens is 2. The van der Waals surface area contributed by atoms with Crippen LogP contribution in [0, 0.1) is 5.41 Å². The van der Waals surface area contributed by atoms with Crippen molar-refractivity contribution in [2.75, 3.05) is 19.8 Å². The first-order chi connectivity index (χ1) is 11.1. The van der Waals surface area contributed by atoms with Gasteiger partial charge in [0.15, 0.2) is 0 Å². The summed E-state index contributed by atoms with van der Waals surface area (Å²) in [7, 11) is 0. The van der Waals surface area contributed by atoms with Gasteiger partial charge in [-0.1, -0.05) is 0 Å². The fraction of sp³-hybridized carbons (Fsp3) is 0.375. The fourth-order valence-electron chi connectivity index (χ4n) is 2.68. The predicted octanol–water partition coefficient (Wildman–Crippen LogP) is 1.24. The molecule has 0 aliphatic carbocycles. The number of ether oxygens (including phenoxy) is 1. The molecule has 0 spiro atoms. The summed E-state index contributed by atoms with van der Waals surface area (Å²) in [5.41, 5.74) is 0.810. The van der Waals surface area contributed by atoms with Crippen LogP contribution in [0.4, 0.5) is 0 Å². The quantitative estimate of drug-likeness (QED) is 0.880. The molecule has 2 heterocycles. The van der Waals surface area contributed by atoms with Gasteiger partial charge < -0.3 is 15.2 Å². The van der Waals surface area contributed by atoms with Crippen LogP contribution >= 0.6 is 0 Å². The van der Waals surface area contributed by atoms with Crippen molar-refractivity contribution < 1.29 is 19.4 Å². The molecule has 2 aromatic rings. The standard InChI is InChI=1S/C16H17N3O4/c20-14(11-1-2-12-13(9-11)18-6-5-17-12)19-10-16(15(21)22)3-7-23-8-4-16/h1-2,5-6,9H,3-4,7-8,10H2,(H,19,20)(H,21,22). The number of carboxylic acid groups (broad SMARTS) is 1. The number of benzene rings is 1. The maximum Gasteiger partial charge on any atom is 0.311 e. The van der Waals surface area contributed by atoms with Crippen molar-refractivity contribution in [3.05, 3.63) is 36.2 Å². The molecule has 0 unspecified atom stereocenters. The van der Waals surface area contributed by atoms with Crippen LogP contribution in [-0.2, 0) is 9.53 Å². The SMILES string of the molecule is O=C(NCC1(C(=O)O)CCOCC1)c1ccc2nccnc2c1. The molecule has 0 radical (unpaired) electrons. The number of rotatable bonds is 4. The van der Waals surface area contributed by atoms with Gasteiger partial charge in [-0.25, -0.2) is 0 Å². The zero-order chi connectivity index (χ0) is 16.3. The summed E-state index contributed by atoms with van der Waals surface area (Å²) < 4.78 is 5.22. The molecule has 0 bridgehead atoms. The van der Waals surface area contributed by atoms with Crippen molar-refractivity contribution >= 4 is 22.9 Å². The molecule has 1 aromatic carbocycles. The Balaban J connectivity index is 1.73. The van der Waals surface area contributed by atoms with Gasteiger partial charge in [-0.15, -0.1) is 0 Å². The van der Waals surface area contributed by atoms with Gasteiger partial charge in [-0.05, 0) is 31.0 Å². The number of hydrogen-bond acceptors (Lipinski definition) is 5. The molecule has 1 aromatic heterocycles. The van der Waals surface area contributed by atoms with E-state index in [9.17, 15) is 14.7 Å². The van der Waals surface area contributed by atoms with Gasteiger partial charge in [0.2, 0.25) is 0 Å². The monoisotopic (exact) mass is 315 g/mol. The Hall–Kier alpha value is -2.54. The van der Waals surface area contributed by atoms with E-state index < -0.39 is 11.4 Å². The lowest BCUT2D eigenvalue weighted by molar-refractivity contribution is -0.154. The topological polar surface area (TPSA) is 101 Å². The minimum absolute atomic E-state index is 0.0863. The number of carbonyl (C=O) groups excluding carboxylic acids is 1. The van der Waals surface area contributed by atoms with Gasteiger partial charge in [0.1, 0.15) is 0 Å². The minimum atomic E-state index is -0.954. The normalized spacial score (nSPS) is 16.9. The third-order valence-corrected chi connectivity index (χ3v) is 4.22. The molecule has 0 atom stereocenters. The highest BCUT2D eigenvalue weighted by Crippen LogP contribution is 2.30. The van der Waals surface area contributed by atoms with E-state index in [1.165, 1.54) is 0 Å². The summed E-state index contributed by atoms with van der Waals surface area (Å²) in [6, 6.07) is 5.03. The third-order valence-electron chi connectivity index (χ3n) is 4.22. The molecule has 1 fully saturated rings. The van der Waals surface area contributed by atoms with E-state index in [2.05, 4.69) is 15.3 Å². The number of fused-ring (bicyclic) bond motifs is 1. The van der Waals surface area contributed by atoms with E-state index >= 15 is 0 Å². The van der Waals surface area contributed by atoms with Crippen molar-refractivity contribution in [2.45, 2.75) is 12.8 Å². The maximum absolute atomic E-state index is 12.3. The van der Waals surface area contributed by atoms with Crippen LogP contribution in [0.15, 0.2) is 30.6 Å². The van der Waals surface area contributed by atoms with E-state index in [1.807, 2.05) is 0 Å². The lowest BCUT2D eigenvalue weighted by atomic mass is 9.80. The summed E-state index contributed by atoms with van der Waals surface area (Å²) in [4.78, 5) is 32.2. The molecule has 2 N–H and O–H groups in total. The smallest absolute Gasteiger partial charge is 0.311 e. The Morgan fingerprint density at radius 1 is 1.17 bits per heavy atom. The van der Waals surface area contributed by atoms with Crippen molar-refractivity contribution in [2.24, 2.45) is 5.41 Å². The van der Waals surface area contributed by atoms with E-state index in [1.54, 1.807) is 30.6 Å². The number of carboxylic acids is 1. The zero-order valence-corrected chi connectivity index (χ0v) is 12.5. The molecular weight excluding hydrogens is 298 g/mol. The molecule has 3 rings (SSSR count). The Morgan fingerprint density at radius 2 is 1.87 bits per heavy atom. The first kappa shape index (κ1) is 15.4. The van der Waals surface area contributed by atoms with E-state index in [0.717, 1.165) is 0 Å². The van der Waals surface area contributed by atoms with Crippen LogP contribution in [0.1, 0.15) is 23.2 Å². The van der Waals surface area contributed by atoms with Gasteiger partial charge in [0, 0.05) is 37.7 Å². The maximum atomic E-state index is 12.3. The van der Waals surface area contributed by atoms with E-state index in [4.69, 9.17) is 4.74 Å². The molecule has 1 aliphatic rings. The highest BCUT2D eigenvalue weighted by molar-refractivity contribution is 5.97. The van der Waals surface area contributed by atoms with Crippen molar-refractivity contribution in [1.82, 2.24) is 15.3 Å². The summed E-state index contributed by atoms with van der Waals surface area (Å²) in [6.07, 6.45) is 3.94. The fourth-order valence-corrected chi connectivity index (χ4v) is 2.68. The highest BCUT2D eigenvalue weighted by Gasteiger charge is 2.40. The molecular formula is C16H17N3O4. The minimum Gasteiger partial charge on any atom is -0.481 e. The largest absolute Gasteiger partial charge is 0.481 e. The van der Waals surface area contributed by atoms with E-state index in [-0.39, 0.29) is 12.5 Å². The lowest BCUT2D eigenvalue weighted by Crippen LogP contribution is -2.46. The van der Waals surface area contributed by atoms with Crippen molar-refractivity contribution in [3.63, 3.8) is 0 Å². The molecule has 1 aliphatic heterocycles. The molecule has 120 valence electrons. The predicted molar refractivity (Wildman–Crippen MR) is 82.0 cm³/mol. The summed E-state index contributed by atoms with van der Waals surface area (Å²) in [6.45, 7) is 0.879. The summed E-state index contributed by atoms with van der Waals surface area (Å²) >= 11 is 0. The van der Waals surface area contributed by atoms with Crippen LogP contribution in [0.2, 0.25) is 0 Å². The second-order valence-electron chi connectivity index (χ2n) is 5.64. The Bertz CT molecular complexity index is 741. The Kier molecular flexibility index (Phi) is 4.20. The first-order valence-corrected chi connectivity index (χ1v) is 7.41. The van der Waals surface area contributed by atoms with Gasteiger partial charge in [0.05, 0.1) is 16.4 Å². The molecule has 0 saturated carbocycles. The summed E-state index contributed by atoms with van der Waals surface area (Å²) in [5, 5.41) is 12.2. The molecule has 1 saturated heterocycles. The number of carbonyl (C=O) groups is 2. The molecule has 23 heavy (non-hydrogen) atoms. The van der Waals surface area contributed by atoms with Crippen molar-refractivity contribution in [1.29, 1.82) is 0 Å². The highest BCUT2D eigenvalue weighted by atomic mass is 16.5. The average Bonchev–Trinajstić information content (AvgIpc) is 2.60. The second kappa shape index (κ2) is 6.29. The van der Waals surface area contributed by atoms with Crippen molar-refractivity contribution in [3.8, 4) is 0 Å². The third kappa shape index (κ3) is 3.14. The Morgan fingerprint density at radius 3 is 2.57 bits per heavy atom. The van der Waals surface area contributed by atoms with Crippen LogP contribution < -0.4 is 5.32 Å². The van der Waals surface area contributed by atoms with Crippen LogP contribution in [0.5, 0.6) is 0 Å². The van der Waals surface area contributed by atoms with Crippen LogP contribution in [0.3, 0.4) is 0 Å². The van der Waals surface area contributed by atoms with Gasteiger partial charge >= 0.3 is 5.97 Å². The Labute approximate surface area is 132 Å². The van der Waals surface area contributed by atoms with Crippen LogP contribution in [-0.4, -0.2) is 46.7 Å². The van der Waals surface area contributed by atoms with Gasteiger partial charge in [-0.2, -0.15) is 0 Å². The molecule has 1 amide bonds. The number of nitrogens with one attached hydrogen (secondary N) is 1.